The Morgan fingerprint density at radius 3 is 3.00 bits per heavy atom. The molecular weight excluding hydrogens is 254 g/mol. The Labute approximate surface area is 119 Å². The van der Waals surface area contributed by atoms with Crippen molar-refractivity contribution >= 4 is 11.6 Å². The van der Waals surface area contributed by atoms with Gasteiger partial charge >= 0.3 is 0 Å². The van der Waals surface area contributed by atoms with Crippen molar-refractivity contribution in [2.24, 2.45) is 0 Å². The predicted molar refractivity (Wildman–Crippen MR) is 78.1 cm³/mol. The zero-order valence-electron chi connectivity index (χ0n) is 12.3. The smallest absolute Gasteiger partial charge is 0.270 e. The van der Waals surface area contributed by atoms with Gasteiger partial charge in [-0.3, -0.25) is 9.20 Å². The highest BCUT2D eigenvalue weighted by Crippen LogP contribution is 2.14. The van der Waals surface area contributed by atoms with Gasteiger partial charge in [0.15, 0.2) is 0 Å². The number of pyridine rings is 1. The number of carbonyl (C=O) groups is 1. The number of methoxy groups -OCH3 is 1. The van der Waals surface area contributed by atoms with Gasteiger partial charge in [0.25, 0.3) is 5.91 Å². The van der Waals surface area contributed by atoms with Crippen molar-refractivity contribution in [2.45, 2.75) is 26.7 Å². The average molecular weight is 275 g/mol. The molecule has 0 fully saturated rings. The van der Waals surface area contributed by atoms with Crippen LogP contribution in [0.2, 0.25) is 0 Å². The number of amides is 1. The van der Waals surface area contributed by atoms with Crippen molar-refractivity contribution in [2.75, 3.05) is 20.3 Å². The summed E-state index contributed by atoms with van der Waals surface area (Å²) >= 11 is 0. The Bertz CT molecular complexity index is 604. The van der Waals surface area contributed by atoms with E-state index in [1.54, 1.807) is 7.11 Å². The fraction of sp³-hybridized carbons (Fsp3) is 0.467. The number of aromatic nitrogens is 2. The van der Waals surface area contributed by atoms with Crippen molar-refractivity contribution in [1.29, 1.82) is 0 Å². The molecule has 0 saturated carbocycles. The fourth-order valence-electron chi connectivity index (χ4n) is 2.18. The van der Waals surface area contributed by atoms with Gasteiger partial charge in [0.1, 0.15) is 11.3 Å². The largest absolute Gasteiger partial charge is 0.385 e. The van der Waals surface area contributed by atoms with E-state index in [9.17, 15) is 4.79 Å². The van der Waals surface area contributed by atoms with Gasteiger partial charge < -0.3 is 10.1 Å². The first-order valence-corrected chi connectivity index (χ1v) is 6.92. The number of carbonyl (C=O) groups excluding carboxylic acids is 1. The number of fused-ring (bicyclic) bond motifs is 1. The van der Waals surface area contributed by atoms with Crippen LogP contribution in [-0.4, -0.2) is 35.6 Å². The molecule has 1 N–H and O–H groups in total. The zero-order chi connectivity index (χ0) is 14.5. The van der Waals surface area contributed by atoms with Gasteiger partial charge in [-0.1, -0.05) is 6.92 Å². The monoisotopic (exact) mass is 275 g/mol. The van der Waals surface area contributed by atoms with E-state index >= 15 is 0 Å². The summed E-state index contributed by atoms with van der Waals surface area (Å²) in [6, 6.07) is 3.97. The molecule has 2 rings (SSSR count). The van der Waals surface area contributed by atoms with E-state index in [1.165, 1.54) is 0 Å². The summed E-state index contributed by atoms with van der Waals surface area (Å²) in [4.78, 5) is 16.9. The number of rotatable bonds is 6. The molecule has 0 aliphatic heterocycles. The highest BCUT2D eigenvalue weighted by Gasteiger charge is 2.17. The first-order valence-electron chi connectivity index (χ1n) is 6.92. The second kappa shape index (κ2) is 6.52. The maximum atomic E-state index is 12.3. The average Bonchev–Trinajstić information content (AvgIpc) is 2.80. The number of ether oxygens (including phenoxy) is 1. The highest BCUT2D eigenvalue weighted by molar-refractivity contribution is 5.94. The van der Waals surface area contributed by atoms with Crippen LogP contribution < -0.4 is 5.32 Å². The number of hydrogen-bond donors (Lipinski definition) is 1. The molecule has 0 aliphatic carbocycles. The van der Waals surface area contributed by atoms with Crippen LogP contribution in [0, 0.1) is 6.92 Å². The molecule has 1 amide bonds. The lowest BCUT2D eigenvalue weighted by Crippen LogP contribution is -2.27. The number of aryl methyl sites for hydroxylation is 2. The van der Waals surface area contributed by atoms with E-state index in [0.29, 0.717) is 18.8 Å². The fourth-order valence-corrected chi connectivity index (χ4v) is 2.18. The van der Waals surface area contributed by atoms with Crippen LogP contribution in [0.25, 0.3) is 5.65 Å². The van der Waals surface area contributed by atoms with E-state index in [-0.39, 0.29) is 5.91 Å². The standard InChI is InChI=1S/C15H21N3O2/c1-4-12-14(15(19)16-7-5-9-20-3)18-8-6-11(2)10-13(18)17-12/h6,8,10H,4-5,7,9H2,1-3H3,(H,16,19). The minimum Gasteiger partial charge on any atom is -0.385 e. The quantitative estimate of drug-likeness (QED) is 0.820. The molecule has 0 bridgehead atoms. The third-order valence-corrected chi connectivity index (χ3v) is 3.21. The van der Waals surface area contributed by atoms with Crippen LogP contribution in [-0.2, 0) is 11.2 Å². The summed E-state index contributed by atoms with van der Waals surface area (Å²) in [6.07, 6.45) is 3.45. The summed E-state index contributed by atoms with van der Waals surface area (Å²) < 4.78 is 6.83. The molecule has 5 nitrogen and oxygen atoms in total. The van der Waals surface area contributed by atoms with Gasteiger partial charge in [-0.2, -0.15) is 0 Å². The molecule has 20 heavy (non-hydrogen) atoms. The maximum absolute atomic E-state index is 12.3. The van der Waals surface area contributed by atoms with E-state index in [2.05, 4.69) is 10.3 Å². The van der Waals surface area contributed by atoms with Crippen molar-refractivity contribution in [1.82, 2.24) is 14.7 Å². The molecule has 108 valence electrons. The van der Waals surface area contributed by atoms with E-state index in [1.807, 2.05) is 36.6 Å². The molecule has 0 aliphatic rings. The zero-order valence-corrected chi connectivity index (χ0v) is 12.3. The molecule has 2 aromatic heterocycles. The highest BCUT2D eigenvalue weighted by atomic mass is 16.5. The summed E-state index contributed by atoms with van der Waals surface area (Å²) in [5, 5.41) is 2.92. The first-order chi connectivity index (χ1) is 9.67. The van der Waals surface area contributed by atoms with E-state index in [0.717, 1.165) is 29.7 Å². The van der Waals surface area contributed by atoms with Crippen molar-refractivity contribution in [3.63, 3.8) is 0 Å². The molecule has 0 saturated heterocycles. The Morgan fingerprint density at radius 1 is 1.50 bits per heavy atom. The molecule has 0 spiro atoms. The van der Waals surface area contributed by atoms with Gasteiger partial charge in [-0.25, -0.2) is 4.98 Å². The molecule has 5 heteroatoms. The van der Waals surface area contributed by atoms with Crippen molar-refractivity contribution < 1.29 is 9.53 Å². The van der Waals surface area contributed by atoms with Crippen LogP contribution in [0.5, 0.6) is 0 Å². The van der Waals surface area contributed by atoms with Crippen LogP contribution in [0.15, 0.2) is 18.3 Å². The lowest BCUT2D eigenvalue weighted by molar-refractivity contribution is 0.0941. The molecule has 0 radical (unpaired) electrons. The normalized spacial score (nSPS) is 10.9. The molecule has 0 unspecified atom stereocenters. The Kier molecular flexibility index (Phi) is 4.74. The summed E-state index contributed by atoms with van der Waals surface area (Å²) in [5.41, 5.74) is 3.43. The van der Waals surface area contributed by atoms with Crippen molar-refractivity contribution in [3.05, 3.63) is 35.3 Å². The van der Waals surface area contributed by atoms with Crippen LogP contribution >= 0.6 is 0 Å². The second-order valence-electron chi connectivity index (χ2n) is 4.80. The predicted octanol–water partition coefficient (Wildman–Crippen LogP) is 1.97. The minimum atomic E-state index is -0.0747. The van der Waals surface area contributed by atoms with Gasteiger partial charge in [-0.05, 0) is 37.5 Å². The Morgan fingerprint density at radius 2 is 2.30 bits per heavy atom. The summed E-state index contributed by atoms with van der Waals surface area (Å²) in [6.45, 7) is 5.28. The summed E-state index contributed by atoms with van der Waals surface area (Å²) in [7, 11) is 1.66. The van der Waals surface area contributed by atoms with Crippen LogP contribution in [0.3, 0.4) is 0 Å². The Balaban J connectivity index is 2.25. The summed E-state index contributed by atoms with van der Waals surface area (Å²) in [5.74, 6) is -0.0747. The molecular formula is C15H21N3O2. The number of nitrogens with zero attached hydrogens (tertiary/aromatic N) is 2. The van der Waals surface area contributed by atoms with Crippen molar-refractivity contribution in [3.8, 4) is 0 Å². The molecule has 2 heterocycles. The van der Waals surface area contributed by atoms with Gasteiger partial charge in [0.2, 0.25) is 0 Å². The maximum Gasteiger partial charge on any atom is 0.270 e. The molecule has 0 atom stereocenters. The number of nitrogens with one attached hydrogen (secondary N) is 1. The topological polar surface area (TPSA) is 55.6 Å². The van der Waals surface area contributed by atoms with E-state index < -0.39 is 0 Å². The van der Waals surface area contributed by atoms with Crippen LogP contribution in [0.1, 0.15) is 35.1 Å². The van der Waals surface area contributed by atoms with E-state index in [4.69, 9.17) is 4.74 Å². The lowest BCUT2D eigenvalue weighted by atomic mass is 10.2. The third kappa shape index (κ3) is 2.99. The number of imidazole rings is 1. The Hall–Kier alpha value is -1.88. The lowest BCUT2D eigenvalue weighted by Gasteiger charge is -2.06. The second-order valence-corrected chi connectivity index (χ2v) is 4.80. The first kappa shape index (κ1) is 14.5. The third-order valence-electron chi connectivity index (χ3n) is 3.21. The molecule has 2 aromatic rings. The number of hydrogen-bond acceptors (Lipinski definition) is 3. The minimum absolute atomic E-state index is 0.0747. The molecule has 0 aromatic carbocycles. The SMILES string of the molecule is CCc1nc2cc(C)ccn2c1C(=O)NCCCOC. The van der Waals surface area contributed by atoms with Gasteiger partial charge in [-0.15, -0.1) is 0 Å². The van der Waals surface area contributed by atoms with Crippen LogP contribution in [0.4, 0.5) is 0 Å². The van der Waals surface area contributed by atoms with Gasteiger partial charge in [0.05, 0.1) is 5.69 Å². The van der Waals surface area contributed by atoms with Gasteiger partial charge in [0, 0.05) is 26.5 Å².